The van der Waals surface area contributed by atoms with Crippen molar-refractivity contribution >= 4 is 17.2 Å². The van der Waals surface area contributed by atoms with Crippen LogP contribution in [0.3, 0.4) is 0 Å². The average molecular weight is 297 g/mol. The summed E-state index contributed by atoms with van der Waals surface area (Å²) in [7, 11) is 0. The highest BCUT2D eigenvalue weighted by Crippen LogP contribution is 2.17. The zero-order chi connectivity index (χ0) is 15.5. The number of rotatable bonds is 4. The highest BCUT2D eigenvalue weighted by molar-refractivity contribution is 6.04. The standard InChI is InChI=1S/C17H16FN3O/c1-2-5-14-16(21-11-4-3-6-15(21)20-14)17(22)19-13-9-7-12(18)8-10-13/h3-4,6-11H,2,5H2,1H3,(H,19,22). The fourth-order valence-electron chi connectivity index (χ4n) is 2.42. The predicted octanol–water partition coefficient (Wildman–Crippen LogP) is 3.68. The van der Waals surface area contributed by atoms with E-state index in [0.29, 0.717) is 11.4 Å². The number of carbonyl (C=O) groups excluding carboxylic acids is 1. The number of hydrogen-bond donors (Lipinski definition) is 1. The van der Waals surface area contributed by atoms with Gasteiger partial charge in [0.25, 0.3) is 5.91 Å². The van der Waals surface area contributed by atoms with Crippen LogP contribution in [0.5, 0.6) is 0 Å². The normalized spacial score (nSPS) is 10.8. The maximum absolute atomic E-state index is 12.9. The molecule has 1 aromatic carbocycles. The summed E-state index contributed by atoms with van der Waals surface area (Å²) in [4.78, 5) is 17.1. The third-order valence-corrected chi connectivity index (χ3v) is 3.41. The number of nitrogens with zero attached hydrogens (tertiary/aromatic N) is 2. The van der Waals surface area contributed by atoms with Gasteiger partial charge in [-0.2, -0.15) is 0 Å². The molecule has 0 atom stereocenters. The minimum atomic E-state index is -0.334. The SMILES string of the molecule is CCCc1nc2ccccn2c1C(=O)Nc1ccc(F)cc1. The molecule has 0 fully saturated rings. The van der Waals surface area contributed by atoms with Crippen LogP contribution >= 0.6 is 0 Å². The first kappa shape index (κ1) is 14.3. The summed E-state index contributed by atoms with van der Waals surface area (Å²) in [6.45, 7) is 2.05. The molecule has 4 nitrogen and oxygen atoms in total. The summed E-state index contributed by atoms with van der Waals surface area (Å²) in [5.41, 5.74) is 2.60. The van der Waals surface area contributed by atoms with Gasteiger partial charge in [-0.3, -0.25) is 9.20 Å². The topological polar surface area (TPSA) is 46.4 Å². The van der Waals surface area contributed by atoms with Gasteiger partial charge in [0, 0.05) is 11.9 Å². The van der Waals surface area contributed by atoms with E-state index in [4.69, 9.17) is 0 Å². The monoisotopic (exact) mass is 297 g/mol. The van der Waals surface area contributed by atoms with E-state index in [0.717, 1.165) is 24.2 Å². The molecule has 0 saturated carbocycles. The fourth-order valence-corrected chi connectivity index (χ4v) is 2.42. The molecule has 112 valence electrons. The number of aryl methyl sites for hydroxylation is 1. The van der Waals surface area contributed by atoms with Gasteiger partial charge in [0.05, 0.1) is 5.69 Å². The number of anilines is 1. The van der Waals surface area contributed by atoms with E-state index in [2.05, 4.69) is 10.3 Å². The van der Waals surface area contributed by atoms with Crippen LogP contribution in [0.15, 0.2) is 48.7 Å². The van der Waals surface area contributed by atoms with Crippen molar-refractivity contribution in [2.24, 2.45) is 0 Å². The van der Waals surface area contributed by atoms with Crippen molar-refractivity contribution in [2.75, 3.05) is 5.32 Å². The third-order valence-electron chi connectivity index (χ3n) is 3.41. The van der Waals surface area contributed by atoms with Crippen LogP contribution in [0, 0.1) is 5.82 Å². The number of carbonyl (C=O) groups is 1. The quantitative estimate of drug-likeness (QED) is 0.798. The molecule has 0 aliphatic carbocycles. The molecule has 0 aliphatic rings. The zero-order valence-corrected chi connectivity index (χ0v) is 12.2. The Bertz CT molecular complexity index is 808. The maximum atomic E-state index is 12.9. The lowest BCUT2D eigenvalue weighted by Crippen LogP contribution is -2.16. The smallest absolute Gasteiger partial charge is 0.274 e. The number of aromatic nitrogens is 2. The van der Waals surface area contributed by atoms with Gasteiger partial charge in [-0.25, -0.2) is 9.37 Å². The lowest BCUT2D eigenvalue weighted by atomic mass is 10.2. The molecule has 1 N–H and O–H groups in total. The number of hydrogen-bond acceptors (Lipinski definition) is 2. The van der Waals surface area contributed by atoms with Crippen molar-refractivity contribution in [1.29, 1.82) is 0 Å². The predicted molar refractivity (Wildman–Crippen MR) is 83.5 cm³/mol. The second kappa shape index (κ2) is 5.97. The molecule has 0 aliphatic heterocycles. The van der Waals surface area contributed by atoms with E-state index in [1.807, 2.05) is 31.3 Å². The second-order valence-corrected chi connectivity index (χ2v) is 5.05. The molecule has 0 spiro atoms. The summed E-state index contributed by atoms with van der Waals surface area (Å²) in [6.07, 6.45) is 3.45. The van der Waals surface area contributed by atoms with Crippen molar-refractivity contribution < 1.29 is 9.18 Å². The molecule has 22 heavy (non-hydrogen) atoms. The van der Waals surface area contributed by atoms with Crippen molar-refractivity contribution in [3.63, 3.8) is 0 Å². The van der Waals surface area contributed by atoms with Crippen LogP contribution in [-0.4, -0.2) is 15.3 Å². The van der Waals surface area contributed by atoms with Gasteiger partial charge in [0.2, 0.25) is 0 Å². The van der Waals surface area contributed by atoms with Crippen molar-refractivity contribution in [2.45, 2.75) is 19.8 Å². The van der Waals surface area contributed by atoms with E-state index >= 15 is 0 Å². The van der Waals surface area contributed by atoms with Crippen molar-refractivity contribution in [3.05, 3.63) is 65.9 Å². The first-order valence-electron chi connectivity index (χ1n) is 7.22. The van der Waals surface area contributed by atoms with Gasteiger partial charge < -0.3 is 5.32 Å². The lowest BCUT2D eigenvalue weighted by molar-refractivity contribution is 0.102. The first-order valence-corrected chi connectivity index (χ1v) is 7.22. The van der Waals surface area contributed by atoms with E-state index in [-0.39, 0.29) is 11.7 Å². The number of fused-ring (bicyclic) bond motifs is 1. The minimum Gasteiger partial charge on any atom is -0.321 e. The summed E-state index contributed by atoms with van der Waals surface area (Å²) in [6, 6.07) is 11.3. The number of imidazole rings is 1. The summed E-state index contributed by atoms with van der Waals surface area (Å²) in [5.74, 6) is -0.576. The fraction of sp³-hybridized carbons (Fsp3) is 0.176. The minimum absolute atomic E-state index is 0.242. The highest BCUT2D eigenvalue weighted by Gasteiger charge is 2.18. The maximum Gasteiger partial charge on any atom is 0.274 e. The summed E-state index contributed by atoms with van der Waals surface area (Å²) >= 11 is 0. The van der Waals surface area contributed by atoms with Gasteiger partial charge in [-0.1, -0.05) is 19.4 Å². The van der Waals surface area contributed by atoms with Gasteiger partial charge in [0.1, 0.15) is 17.2 Å². The number of benzene rings is 1. The molecular weight excluding hydrogens is 281 g/mol. The van der Waals surface area contributed by atoms with E-state index in [1.54, 1.807) is 4.40 Å². The molecule has 0 bridgehead atoms. The van der Waals surface area contributed by atoms with Crippen LogP contribution in [0.4, 0.5) is 10.1 Å². The Hall–Kier alpha value is -2.69. The zero-order valence-electron chi connectivity index (χ0n) is 12.2. The van der Waals surface area contributed by atoms with Crippen molar-refractivity contribution in [3.8, 4) is 0 Å². The summed E-state index contributed by atoms with van der Waals surface area (Å²) < 4.78 is 14.7. The molecule has 3 aromatic rings. The Balaban J connectivity index is 1.98. The van der Waals surface area contributed by atoms with Crippen molar-refractivity contribution in [1.82, 2.24) is 9.38 Å². The van der Waals surface area contributed by atoms with Crippen LogP contribution in [-0.2, 0) is 6.42 Å². The van der Waals surface area contributed by atoms with Crippen LogP contribution in [0.25, 0.3) is 5.65 Å². The third kappa shape index (κ3) is 2.70. The van der Waals surface area contributed by atoms with Gasteiger partial charge in [-0.15, -0.1) is 0 Å². The number of pyridine rings is 1. The van der Waals surface area contributed by atoms with E-state index < -0.39 is 0 Å². The second-order valence-electron chi connectivity index (χ2n) is 5.05. The van der Waals surface area contributed by atoms with Crippen LogP contribution in [0.2, 0.25) is 0 Å². The largest absolute Gasteiger partial charge is 0.321 e. The molecule has 2 aromatic heterocycles. The molecule has 0 saturated heterocycles. The van der Waals surface area contributed by atoms with E-state index in [1.165, 1.54) is 24.3 Å². The van der Waals surface area contributed by atoms with Gasteiger partial charge >= 0.3 is 0 Å². The Morgan fingerprint density at radius 1 is 1.23 bits per heavy atom. The number of nitrogens with one attached hydrogen (secondary N) is 1. The average Bonchev–Trinajstić information content (AvgIpc) is 2.88. The highest BCUT2D eigenvalue weighted by atomic mass is 19.1. The Morgan fingerprint density at radius 3 is 2.73 bits per heavy atom. The molecule has 5 heteroatoms. The Labute approximate surface area is 127 Å². The molecule has 1 amide bonds. The van der Waals surface area contributed by atoms with E-state index in [9.17, 15) is 9.18 Å². The lowest BCUT2D eigenvalue weighted by Gasteiger charge is -2.07. The molecule has 0 unspecified atom stereocenters. The molecule has 2 heterocycles. The number of halogens is 1. The van der Waals surface area contributed by atoms with Crippen LogP contribution in [0.1, 0.15) is 29.5 Å². The molecule has 0 radical (unpaired) electrons. The van der Waals surface area contributed by atoms with Crippen LogP contribution < -0.4 is 5.32 Å². The number of amides is 1. The molecular formula is C17H16FN3O. The summed E-state index contributed by atoms with van der Waals surface area (Å²) in [5, 5.41) is 2.80. The Kier molecular flexibility index (Phi) is 3.87. The first-order chi connectivity index (χ1) is 10.7. The van der Waals surface area contributed by atoms with Gasteiger partial charge in [-0.05, 0) is 42.8 Å². The molecule has 3 rings (SSSR count). The Morgan fingerprint density at radius 2 is 2.00 bits per heavy atom. The van der Waals surface area contributed by atoms with Gasteiger partial charge in [0.15, 0.2) is 0 Å².